The molecular formula is C10H9FN2O2. The van der Waals surface area contributed by atoms with Crippen molar-refractivity contribution in [2.24, 2.45) is 0 Å². The predicted molar refractivity (Wildman–Crippen MR) is 52.2 cm³/mol. The fourth-order valence-corrected chi connectivity index (χ4v) is 1.27. The Bertz CT molecular complexity index is 482. The molecule has 3 N–H and O–H groups in total. The van der Waals surface area contributed by atoms with Crippen LogP contribution in [0, 0.1) is 5.82 Å². The molecule has 1 heterocycles. The summed E-state index contributed by atoms with van der Waals surface area (Å²) in [6.45, 7) is -0.358. The smallest absolute Gasteiger partial charge is 0.169 e. The van der Waals surface area contributed by atoms with Crippen LogP contribution in [-0.4, -0.2) is 10.3 Å². The maximum atomic E-state index is 13.1. The number of aliphatic hydroxyl groups excluding tert-OH is 1. The SMILES string of the molecule is Nc1cc(-c2ccc(F)c(CO)c2)on1. The van der Waals surface area contributed by atoms with E-state index < -0.39 is 5.82 Å². The van der Waals surface area contributed by atoms with Crippen molar-refractivity contribution in [1.82, 2.24) is 5.16 Å². The fourth-order valence-electron chi connectivity index (χ4n) is 1.27. The van der Waals surface area contributed by atoms with Gasteiger partial charge in [-0.25, -0.2) is 4.39 Å². The summed E-state index contributed by atoms with van der Waals surface area (Å²) in [6, 6.07) is 5.83. The summed E-state index contributed by atoms with van der Waals surface area (Å²) in [7, 11) is 0. The van der Waals surface area contributed by atoms with Gasteiger partial charge in [-0.05, 0) is 18.2 Å². The highest BCUT2D eigenvalue weighted by Gasteiger charge is 2.08. The molecule has 2 aromatic rings. The van der Waals surface area contributed by atoms with Crippen LogP contribution < -0.4 is 5.73 Å². The number of hydrogen-bond donors (Lipinski definition) is 2. The first-order valence-electron chi connectivity index (χ1n) is 4.32. The summed E-state index contributed by atoms with van der Waals surface area (Å²) in [6.07, 6.45) is 0. The van der Waals surface area contributed by atoms with Crippen molar-refractivity contribution in [2.75, 3.05) is 5.73 Å². The lowest BCUT2D eigenvalue weighted by Gasteiger charge is -2.00. The molecule has 2 rings (SSSR count). The van der Waals surface area contributed by atoms with Crippen molar-refractivity contribution in [3.8, 4) is 11.3 Å². The summed E-state index contributed by atoms with van der Waals surface area (Å²) in [5.41, 5.74) is 6.23. The number of benzene rings is 1. The van der Waals surface area contributed by atoms with E-state index in [2.05, 4.69) is 5.16 Å². The Labute approximate surface area is 85.1 Å². The fraction of sp³-hybridized carbons (Fsp3) is 0.100. The van der Waals surface area contributed by atoms with Gasteiger partial charge in [0.25, 0.3) is 0 Å². The van der Waals surface area contributed by atoms with Crippen LogP contribution in [0.3, 0.4) is 0 Å². The molecule has 5 heteroatoms. The first-order chi connectivity index (χ1) is 7.20. The van der Waals surface area contributed by atoms with Crippen LogP contribution in [0.1, 0.15) is 5.56 Å². The van der Waals surface area contributed by atoms with Gasteiger partial charge in [0.05, 0.1) is 6.61 Å². The van der Waals surface area contributed by atoms with E-state index >= 15 is 0 Å². The molecule has 0 aliphatic heterocycles. The lowest BCUT2D eigenvalue weighted by molar-refractivity contribution is 0.276. The van der Waals surface area contributed by atoms with Crippen molar-refractivity contribution in [3.05, 3.63) is 35.6 Å². The number of nitrogens with zero attached hydrogens (tertiary/aromatic N) is 1. The van der Waals surface area contributed by atoms with E-state index in [0.717, 1.165) is 0 Å². The summed E-state index contributed by atoms with van der Waals surface area (Å²) in [5, 5.41) is 12.4. The van der Waals surface area contributed by atoms with Crippen LogP contribution in [0.25, 0.3) is 11.3 Å². The average molecular weight is 208 g/mol. The molecule has 1 aromatic carbocycles. The molecular weight excluding hydrogens is 199 g/mol. The van der Waals surface area contributed by atoms with E-state index in [-0.39, 0.29) is 18.0 Å². The highest BCUT2D eigenvalue weighted by atomic mass is 19.1. The second kappa shape index (κ2) is 3.70. The molecule has 0 bridgehead atoms. The van der Waals surface area contributed by atoms with Crippen LogP contribution in [-0.2, 0) is 6.61 Å². The highest BCUT2D eigenvalue weighted by Crippen LogP contribution is 2.23. The van der Waals surface area contributed by atoms with E-state index in [4.69, 9.17) is 15.4 Å². The molecule has 78 valence electrons. The van der Waals surface area contributed by atoms with E-state index in [1.807, 2.05) is 0 Å². The van der Waals surface area contributed by atoms with Crippen molar-refractivity contribution < 1.29 is 14.0 Å². The monoisotopic (exact) mass is 208 g/mol. The predicted octanol–water partition coefficient (Wildman–Crippen LogP) is 1.56. The Morgan fingerprint density at radius 3 is 2.80 bits per heavy atom. The van der Waals surface area contributed by atoms with Gasteiger partial charge in [0, 0.05) is 17.2 Å². The summed E-state index contributed by atoms with van der Waals surface area (Å²) in [5.74, 6) is 0.260. The van der Waals surface area contributed by atoms with E-state index in [0.29, 0.717) is 11.3 Å². The van der Waals surface area contributed by atoms with Gasteiger partial charge in [0.15, 0.2) is 11.6 Å². The average Bonchev–Trinajstić information content (AvgIpc) is 2.66. The Morgan fingerprint density at radius 2 is 2.20 bits per heavy atom. The van der Waals surface area contributed by atoms with Gasteiger partial charge in [-0.1, -0.05) is 5.16 Å². The molecule has 4 nitrogen and oxygen atoms in total. The number of anilines is 1. The van der Waals surface area contributed by atoms with Crippen LogP contribution in [0.5, 0.6) is 0 Å². The van der Waals surface area contributed by atoms with Gasteiger partial charge < -0.3 is 15.4 Å². The number of hydrogen-bond acceptors (Lipinski definition) is 4. The third kappa shape index (κ3) is 1.82. The van der Waals surface area contributed by atoms with Crippen molar-refractivity contribution in [3.63, 3.8) is 0 Å². The lowest BCUT2D eigenvalue weighted by atomic mass is 10.1. The first-order valence-corrected chi connectivity index (χ1v) is 4.32. The van der Waals surface area contributed by atoms with Gasteiger partial charge in [0.1, 0.15) is 5.82 Å². The second-order valence-electron chi connectivity index (χ2n) is 3.08. The third-order valence-electron chi connectivity index (χ3n) is 2.03. The molecule has 0 aliphatic rings. The highest BCUT2D eigenvalue weighted by molar-refractivity contribution is 5.60. The van der Waals surface area contributed by atoms with Crippen LogP contribution in [0.4, 0.5) is 10.2 Å². The second-order valence-corrected chi connectivity index (χ2v) is 3.08. The van der Waals surface area contributed by atoms with E-state index in [1.54, 1.807) is 0 Å². The van der Waals surface area contributed by atoms with Crippen LogP contribution >= 0.6 is 0 Å². The number of halogens is 1. The van der Waals surface area contributed by atoms with Gasteiger partial charge in [0.2, 0.25) is 0 Å². The van der Waals surface area contributed by atoms with Crippen molar-refractivity contribution >= 4 is 5.82 Å². The Kier molecular flexibility index (Phi) is 2.39. The first kappa shape index (κ1) is 9.67. The van der Waals surface area contributed by atoms with Crippen LogP contribution in [0.2, 0.25) is 0 Å². The van der Waals surface area contributed by atoms with Crippen molar-refractivity contribution in [2.45, 2.75) is 6.61 Å². The molecule has 0 spiro atoms. The normalized spacial score (nSPS) is 10.5. The van der Waals surface area contributed by atoms with Gasteiger partial charge in [-0.15, -0.1) is 0 Å². The minimum Gasteiger partial charge on any atom is -0.392 e. The number of aliphatic hydroxyl groups is 1. The van der Waals surface area contributed by atoms with Gasteiger partial charge in [-0.3, -0.25) is 0 Å². The molecule has 0 atom stereocenters. The van der Waals surface area contributed by atoms with Gasteiger partial charge in [-0.2, -0.15) is 0 Å². The summed E-state index contributed by atoms with van der Waals surface area (Å²) in [4.78, 5) is 0. The number of nitrogens with two attached hydrogens (primary N) is 1. The molecule has 0 fully saturated rings. The standard InChI is InChI=1S/C10H9FN2O2/c11-8-2-1-6(3-7(8)5-14)9-4-10(12)13-15-9/h1-4,14H,5H2,(H2,12,13). The molecule has 0 amide bonds. The third-order valence-corrected chi connectivity index (χ3v) is 2.03. The van der Waals surface area contributed by atoms with E-state index in [1.165, 1.54) is 24.3 Å². The molecule has 0 radical (unpaired) electrons. The zero-order valence-corrected chi connectivity index (χ0v) is 7.77. The maximum absolute atomic E-state index is 13.1. The topological polar surface area (TPSA) is 72.3 Å². The molecule has 0 saturated carbocycles. The number of aromatic nitrogens is 1. The van der Waals surface area contributed by atoms with E-state index in [9.17, 15) is 4.39 Å². The zero-order valence-electron chi connectivity index (χ0n) is 7.77. The number of rotatable bonds is 2. The minimum atomic E-state index is -0.450. The largest absolute Gasteiger partial charge is 0.392 e. The van der Waals surface area contributed by atoms with Gasteiger partial charge >= 0.3 is 0 Å². The summed E-state index contributed by atoms with van der Waals surface area (Å²) < 4.78 is 18.0. The molecule has 0 aliphatic carbocycles. The quantitative estimate of drug-likeness (QED) is 0.785. The maximum Gasteiger partial charge on any atom is 0.169 e. The molecule has 15 heavy (non-hydrogen) atoms. The van der Waals surface area contributed by atoms with Crippen molar-refractivity contribution in [1.29, 1.82) is 0 Å². The Hall–Kier alpha value is -1.88. The zero-order chi connectivity index (χ0) is 10.8. The Balaban J connectivity index is 2.45. The number of nitrogen functional groups attached to an aromatic ring is 1. The molecule has 0 unspecified atom stereocenters. The minimum absolute atomic E-state index is 0.211. The molecule has 0 saturated heterocycles. The lowest BCUT2D eigenvalue weighted by Crippen LogP contribution is -1.89. The summed E-state index contributed by atoms with van der Waals surface area (Å²) >= 11 is 0. The Morgan fingerprint density at radius 1 is 1.40 bits per heavy atom. The molecule has 1 aromatic heterocycles. The van der Waals surface area contributed by atoms with Crippen LogP contribution in [0.15, 0.2) is 28.8 Å².